The Balaban J connectivity index is 2.15. The van der Waals surface area contributed by atoms with Crippen LogP contribution in [0.2, 0.25) is 0 Å². The molecular formula is C16H19N3O3S. The minimum absolute atomic E-state index is 0.378. The fourth-order valence-electron chi connectivity index (χ4n) is 1.83. The number of rotatable bonds is 4. The van der Waals surface area contributed by atoms with Gasteiger partial charge in [-0.05, 0) is 26.3 Å². The fraction of sp³-hybridized carbons (Fsp3) is 0.312. The zero-order valence-corrected chi connectivity index (χ0v) is 14.0. The van der Waals surface area contributed by atoms with Crippen LogP contribution in [-0.4, -0.2) is 22.6 Å². The van der Waals surface area contributed by atoms with E-state index in [1.165, 1.54) is 11.3 Å². The van der Waals surface area contributed by atoms with Gasteiger partial charge in [-0.1, -0.05) is 30.3 Å². The number of hydrogen-bond donors (Lipinski definition) is 2. The van der Waals surface area contributed by atoms with Gasteiger partial charge < -0.3 is 10.1 Å². The number of nitrogens with zero attached hydrogens (tertiary/aromatic N) is 1. The molecule has 0 aliphatic heterocycles. The molecule has 0 spiro atoms. The van der Waals surface area contributed by atoms with Crippen molar-refractivity contribution >= 4 is 28.5 Å². The van der Waals surface area contributed by atoms with Crippen LogP contribution in [0.5, 0.6) is 0 Å². The van der Waals surface area contributed by atoms with Crippen LogP contribution in [0.1, 0.15) is 32.4 Å². The van der Waals surface area contributed by atoms with Crippen LogP contribution in [-0.2, 0) is 9.53 Å². The lowest BCUT2D eigenvalue weighted by molar-refractivity contribution is -0.118. The van der Waals surface area contributed by atoms with Gasteiger partial charge in [-0.25, -0.2) is 9.78 Å². The summed E-state index contributed by atoms with van der Waals surface area (Å²) in [4.78, 5) is 28.5. The number of amides is 2. The van der Waals surface area contributed by atoms with Crippen molar-refractivity contribution in [2.75, 3.05) is 5.32 Å². The van der Waals surface area contributed by atoms with Crippen molar-refractivity contribution < 1.29 is 14.3 Å². The maximum Gasteiger partial charge on any atom is 0.408 e. The first kappa shape index (κ1) is 17.0. The molecule has 122 valence electrons. The molecular weight excluding hydrogens is 314 g/mol. The summed E-state index contributed by atoms with van der Waals surface area (Å²) in [6.45, 7) is 5.29. The normalized spacial score (nSPS) is 12.3. The number of ether oxygens (including phenoxy) is 1. The summed E-state index contributed by atoms with van der Waals surface area (Å²) in [7, 11) is 0. The Hall–Kier alpha value is -2.41. The second-order valence-corrected chi connectivity index (χ2v) is 6.71. The van der Waals surface area contributed by atoms with Gasteiger partial charge in [-0.2, -0.15) is 0 Å². The lowest BCUT2D eigenvalue weighted by atomic mass is 10.1. The third-order valence-corrected chi connectivity index (χ3v) is 3.41. The molecule has 2 rings (SSSR count). The van der Waals surface area contributed by atoms with E-state index >= 15 is 0 Å². The highest BCUT2D eigenvalue weighted by Crippen LogP contribution is 2.18. The summed E-state index contributed by atoms with van der Waals surface area (Å²) in [6, 6.07) is 8.11. The van der Waals surface area contributed by atoms with E-state index in [9.17, 15) is 9.59 Å². The Kier molecular flexibility index (Phi) is 5.33. The van der Waals surface area contributed by atoms with Crippen LogP contribution in [0.25, 0.3) is 0 Å². The lowest BCUT2D eigenvalue weighted by Gasteiger charge is -2.23. The molecule has 1 atom stereocenters. The molecule has 7 heteroatoms. The molecule has 1 heterocycles. The highest BCUT2D eigenvalue weighted by atomic mass is 32.1. The van der Waals surface area contributed by atoms with E-state index in [0.717, 1.165) is 0 Å². The number of thiazole rings is 1. The lowest BCUT2D eigenvalue weighted by Crippen LogP contribution is -2.40. The van der Waals surface area contributed by atoms with Gasteiger partial charge in [0.15, 0.2) is 5.13 Å². The van der Waals surface area contributed by atoms with E-state index in [-0.39, 0.29) is 5.91 Å². The van der Waals surface area contributed by atoms with Crippen molar-refractivity contribution in [1.29, 1.82) is 0 Å². The van der Waals surface area contributed by atoms with Gasteiger partial charge in [0.05, 0.1) is 0 Å². The highest BCUT2D eigenvalue weighted by Gasteiger charge is 2.26. The molecule has 0 aliphatic rings. The first-order valence-corrected chi connectivity index (χ1v) is 7.98. The molecule has 2 amide bonds. The van der Waals surface area contributed by atoms with Crippen LogP contribution in [0.4, 0.5) is 9.93 Å². The number of nitrogens with one attached hydrogen (secondary N) is 2. The number of alkyl carbamates (subject to hydrolysis) is 1. The molecule has 0 aliphatic carbocycles. The summed E-state index contributed by atoms with van der Waals surface area (Å²) in [6.07, 6.45) is 0.944. The quantitative estimate of drug-likeness (QED) is 0.899. The van der Waals surface area contributed by atoms with Crippen LogP contribution in [0.3, 0.4) is 0 Å². The molecule has 0 unspecified atom stereocenters. The van der Waals surface area contributed by atoms with Gasteiger partial charge in [0, 0.05) is 11.6 Å². The summed E-state index contributed by atoms with van der Waals surface area (Å²) in [5.74, 6) is -0.378. The number of carbonyl (C=O) groups excluding carboxylic acids is 2. The summed E-state index contributed by atoms with van der Waals surface area (Å²) < 4.78 is 5.23. The number of carbonyl (C=O) groups is 2. The van der Waals surface area contributed by atoms with E-state index in [1.807, 2.05) is 6.07 Å². The standard InChI is InChI=1S/C16H19N3O3S/c1-16(2,3)22-15(21)18-12(11-7-5-4-6-8-11)13(20)19-14-17-9-10-23-14/h4-10,12H,1-3H3,(H,18,21)(H,17,19,20)/t12-/m1/s1. The van der Waals surface area contributed by atoms with Gasteiger partial charge in [-0.15, -0.1) is 11.3 Å². The molecule has 1 aromatic heterocycles. The van der Waals surface area contributed by atoms with Gasteiger partial charge in [0.2, 0.25) is 0 Å². The average molecular weight is 333 g/mol. The van der Waals surface area contributed by atoms with E-state index < -0.39 is 17.7 Å². The predicted molar refractivity (Wildman–Crippen MR) is 89.3 cm³/mol. The third-order valence-electron chi connectivity index (χ3n) is 2.72. The van der Waals surface area contributed by atoms with Crippen molar-refractivity contribution in [2.45, 2.75) is 32.4 Å². The zero-order valence-electron chi connectivity index (χ0n) is 13.2. The van der Waals surface area contributed by atoms with Crippen molar-refractivity contribution in [3.63, 3.8) is 0 Å². The molecule has 1 aromatic carbocycles. The van der Waals surface area contributed by atoms with Crippen molar-refractivity contribution in [3.8, 4) is 0 Å². The van der Waals surface area contributed by atoms with Crippen molar-refractivity contribution in [2.24, 2.45) is 0 Å². The molecule has 2 N–H and O–H groups in total. The SMILES string of the molecule is CC(C)(C)OC(=O)N[C@@H](C(=O)Nc1nccs1)c1ccccc1. The van der Waals surface area contributed by atoms with Crippen molar-refractivity contribution in [3.05, 3.63) is 47.5 Å². The van der Waals surface area contributed by atoms with Crippen molar-refractivity contribution in [1.82, 2.24) is 10.3 Å². The Morgan fingerprint density at radius 2 is 1.91 bits per heavy atom. The van der Waals surface area contributed by atoms with E-state index in [4.69, 9.17) is 4.74 Å². The average Bonchev–Trinajstić information content (AvgIpc) is 2.96. The van der Waals surface area contributed by atoms with Gasteiger partial charge >= 0.3 is 6.09 Å². The molecule has 0 bridgehead atoms. The summed E-state index contributed by atoms with van der Waals surface area (Å²) in [5, 5.41) is 7.52. The zero-order chi connectivity index (χ0) is 16.9. The fourth-order valence-corrected chi connectivity index (χ4v) is 2.37. The van der Waals surface area contributed by atoms with Gasteiger partial charge in [0.1, 0.15) is 11.6 Å². The second-order valence-electron chi connectivity index (χ2n) is 5.82. The number of aromatic nitrogens is 1. The Labute approximate surface area is 138 Å². The van der Waals surface area contributed by atoms with Crippen LogP contribution in [0, 0.1) is 0 Å². The maximum atomic E-state index is 12.5. The Bertz CT molecular complexity index is 651. The molecule has 0 saturated carbocycles. The topological polar surface area (TPSA) is 80.3 Å². The Morgan fingerprint density at radius 3 is 2.48 bits per heavy atom. The Morgan fingerprint density at radius 1 is 1.22 bits per heavy atom. The molecule has 0 radical (unpaired) electrons. The molecule has 2 aromatic rings. The smallest absolute Gasteiger partial charge is 0.408 e. The monoisotopic (exact) mass is 333 g/mol. The summed E-state index contributed by atoms with van der Waals surface area (Å²) in [5.41, 5.74) is 0.0179. The van der Waals surface area contributed by atoms with Gasteiger partial charge in [-0.3, -0.25) is 10.1 Å². The third kappa shape index (κ3) is 5.37. The molecule has 23 heavy (non-hydrogen) atoms. The minimum Gasteiger partial charge on any atom is -0.444 e. The van der Waals surface area contributed by atoms with Crippen LogP contribution in [0.15, 0.2) is 41.9 Å². The summed E-state index contributed by atoms with van der Waals surface area (Å²) >= 11 is 1.31. The predicted octanol–water partition coefficient (Wildman–Crippen LogP) is 3.35. The second kappa shape index (κ2) is 7.23. The van der Waals surface area contributed by atoms with E-state index in [1.54, 1.807) is 56.6 Å². The number of benzene rings is 1. The molecule has 0 saturated heterocycles. The van der Waals surface area contributed by atoms with Gasteiger partial charge in [0.25, 0.3) is 5.91 Å². The maximum absolute atomic E-state index is 12.5. The molecule has 6 nitrogen and oxygen atoms in total. The first-order valence-electron chi connectivity index (χ1n) is 7.10. The van der Waals surface area contributed by atoms with E-state index in [0.29, 0.717) is 10.7 Å². The highest BCUT2D eigenvalue weighted by molar-refractivity contribution is 7.13. The van der Waals surface area contributed by atoms with Crippen LogP contribution >= 0.6 is 11.3 Å². The number of hydrogen-bond acceptors (Lipinski definition) is 5. The van der Waals surface area contributed by atoms with Crippen LogP contribution < -0.4 is 10.6 Å². The molecule has 0 fully saturated rings. The first-order chi connectivity index (χ1) is 10.8. The van der Waals surface area contributed by atoms with E-state index in [2.05, 4.69) is 15.6 Å². The number of anilines is 1. The largest absolute Gasteiger partial charge is 0.444 e. The minimum atomic E-state index is -0.866.